The van der Waals surface area contributed by atoms with E-state index >= 15 is 0 Å². The largest absolute Gasteiger partial charge is 0.494 e. The van der Waals surface area contributed by atoms with Crippen molar-refractivity contribution >= 4 is 17.9 Å². The average molecular weight is 701 g/mol. The van der Waals surface area contributed by atoms with Crippen LogP contribution < -0.4 is 18.9 Å². The Morgan fingerprint density at radius 3 is 1.53 bits per heavy atom. The first-order chi connectivity index (χ1) is 24.9. The molecule has 0 aliphatic carbocycles. The highest BCUT2D eigenvalue weighted by Crippen LogP contribution is 2.28. The number of ether oxygens (including phenoxy) is 5. The summed E-state index contributed by atoms with van der Waals surface area (Å²) in [6, 6.07) is 17.7. The van der Waals surface area contributed by atoms with Crippen molar-refractivity contribution in [3.8, 4) is 23.0 Å². The lowest BCUT2D eigenvalue weighted by Gasteiger charge is -2.13. The van der Waals surface area contributed by atoms with E-state index in [0.717, 1.165) is 38.5 Å². The third-order valence-corrected chi connectivity index (χ3v) is 8.33. The van der Waals surface area contributed by atoms with Crippen molar-refractivity contribution in [1.29, 1.82) is 0 Å². The Bertz CT molecular complexity index is 1460. The number of rotatable bonds is 26. The smallest absolute Gasteiger partial charge is 0.343 e. The number of esters is 3. The Kier molecular flexibility index (Phi) is 19.7. The molecule has 0 bridgehead atoms. The van der Waals surface area contributed by atoms with Crippen LogP contribution in [0.3, 0.4) is 0 Å². The highest BCUT2D eigenvalue weighted by Gasteiger charge is 2.21. The van der Waals surface area contributed by atoms with Crippen LogP contribution >= 0.6 is 0 Å². The zero-order chi connectivity index (χ0) is 36.5. The molecule has 0 aliphatic heterocycles. The molecule has 0 saturated carbocycles. The molecule has 0 radical (unpaired) electrons. The van der Waals surface area contributed by atoms with E-state index in [0.29, 0.717) is 42.3 Å². The van der Waals surface area contributed by atoms with Crippen LogP contribution in [0.4, 0.5) is 0 Å². The molecule has 0 heterocycles. The van der Waals surface area contributed by atoms with Gasteiger partial charge in [-0.3, -0.25) is 0 Å². The molecule has 0 N–H and O–H groups in total. The van der Waals surface area contributed by atoms with Crippen molar-refractivity contribution in [2.24, 2.45) is 0 Å². The molecule has 0 aromatic heterocycles. The van der Waals surface area contributed by atoms with E-state index in [9.17, 15) is 14.4 Å². The van der Waals surface area contributed by atoms with Crippen LogP contribution in [0.1, 0.15) is 141 Å². The maximum Gasteiger partial charge on any atom is 0.343 e. The number of carbonyl (C=O) groups excluding carboxylic acids is 3. The Morgan fingerprint density at radius 2 is 1.00 bits per heavy atom. The minimum atomic E-state index is -0.695. The van der Waals surface area contributed by atoms with Crippen LogP contribution in [0.25, 0.3) is 0 Å². The van der Waals surface area contributed by atoms with Crippen LogP contribution in [-0.4, -0.2) is 37.7 Å². The number of hydrogen-bond acceptors (Lipinski definition) is 8. The van der Waals surface area contributed by atoms with Crippen LogP contribution in [-0.2, 0) is 4.74 Å². The molecule has 0 fully saturated rings. The normalized spacial score (nSPS) is 10.7. The summed E-state index contributed by atoms with van der Waals surface area (Å²) in [6.45, 7) is 9.54. The Labute approximate surface area is 304 Å². The molecule has 0 unspecified atom stereocenters. The minimum absolute atomic E-state index is 0.00819. The summed E-state index contributed by atoms with van der Waals surface area (Å²) < 4.78 is 28.4. The van der Waals surface area contributed by atoms with Gasteiger partial charge >= 0.3 is 17.9 Å². The molecule has 3 aromatic rings. The van der Waals surface area contributed by atoms with E-state index in [4.69, 9.17) is 23.7 Å². The van der Waals surface area contributed by atoms with Crippen molar-refractivity contribution in [2.45, 2.75) is 110 Å². The lowest BCUT2D eigenvalue weighted by molar-refractivity contribution is 0.0491. The molecule has 3 aromatic carbocycles. The summed E-state index contributed by atoms with van der Waals surface area (Å²) in [7, 11) is 0. The molecule has 3 rings (SSSR count). The first-order valence-corrected chi connectivity index (χ1v) is 18.8. The molecule has 0 aliphatic rings. The number of unbranched alkanes of at least 4 members (excludes halogenated alkanes) is 12. The summed E-state index contributed by atoms with van der Waals surface area (Å²) >= 11 is 0. The van der Waals surface area contributed by atoms with Crippen LogP contribution in [0.2, 0.25) is 0 Å². The van der Waals surface area contributed by atoms with Gasteiger partial charge in [-0.2, -0.15) is 0 Å². The van der Waals surface area contributed by atoms with Crippen LogP contribution in [0.15, 0.2) is 79.4 Å². The second-order valence-corrected chi connectivity index (χ2v) is 12.6. The highest BCUT2D eigenvalue weighted by atomic mass is 16.6. The van der Waals surface area contributed by atoms with Gasteiger partial charge in [0, 0.05) is 0 Å². The maximum absolute atomic E-state index is 13.2. The van der Waals surface area contributed by atoms with E-state index < -0.39 is 17.9 Å². The number of carbonyl (C=O) groups is 3. The number of allylic oxidation sites excluding steroid dienone is 1. The molecular weight excluding hydrogens is 644 g/mol. The second-order valence-electron chi connectivity index (χ2n) is 12.6. The molecule has 8 heteroatoms. The molecule has 0 saturated heterocycles. The summed E-state index contributed by atoms with van der Waals surface area (Å²) in [6.07, 6.45) is 18.2. The quantitative estimate of drug-likeness (QED) is 0.0353. The highest BCUT2D eigenvalue weighted by molar-refractivity contribution is 5.97. The molecule has 0 spiro atoms. The monoisotopic (exact) mass is 700 g/mol. The van der Waals surface area contributed by atoms with Gasteiger partial charge in [-0.05, 0) is 98.8 Å². The first kappa shape index (κ1) is 40.8. The van der Waals surface area contributed by atoms with Gasteiger partial charge in [-0.15, -0.1) is 6.58 Å². The third-order valence-electron chi connectivity index (χ3n) is 8.33. The maximum atomic E-state index is 13.2. The lowest BCUT2D eigenvalue weighted by atomic mass is 10.1. The van der Waals surface area contributed by atoms with Crippen molar-refractivity contribution in [2.75, 3.05) is 19.8 Å². The summed E-state index contributed by atoms with van der Waals surface area (Å²) in [5.41, 5.74) is 0.582. The van der Waals surface area contributed by atoms with Crippen molar-refractivity contribution in [1.82, 2.24) is 0 Å². The van der Waals surface area contributed by atoms with E-state index in [1.54, 1.807) is 48.5 Å². The van der Waals surface area contributed by atoms with Crippen molar-refractivity contribution < 1.29 is 38.1 Å². The Morgan fingerprint density at radius 1 is 0.529 bits per heavy atom. The zero-order valence-corrected chi connectivity index (χ0v) is 30.6. The Balaban J connectivity index is 1.61. The van der Waals surface area contributed by atoms with E-state index in [-0.39, 0.29) is 23.7 Å². The van der Waals surface area contributed by atoms with Crippen molar-refractivity contribution in [3.63, 3.8) is 0 Å². The predicted molar refractivity (Wildman–Crippen MR) is 201 cm³/mol. The van der Waals surface area contributed by atoms with Gasteiger partial charge in [0.05, 0.1) is 30.9 Å². The third kappa shape index (κ3) is 15.9. The number of hydrogen-bond donors (Lipinski definition) is 0. The summed E-state index contributed by atoms with van der Waals surface area (Å²) in [5, 5.41) is 0. The lowest BCUT2D eigenvalue weighted by Crippen LogP contribution is -2.14. The predicted octanol–water partition coefficient (Wildman–Crippen LogP) is 11.1. The summed E-state index contributed by atoms with van der Waals surface area (Å²) in [4.78, 5) is 39.3. The van der Waals surface area contributed by atoms with Crippen LogP contribution in [0.5, 0.6) is 23.0 Å². The average Bonchev–Trinajstić information content (AvgIpc) is 3.15. The summed E-state index contributed by atoms with van der Waals surface area (Å²) in [5.74, 6) is -0.507. The Hall–Kier alpha value is -4.59. The first-order valence-electron chi connectivity index (χ1n) is 18.8. The van der Waals surface area contributed by atoms with Gasteiger partial charge in [0.25, 0.3) is 0 Å². The molecule has 8 nitrogen and oxygen atoms in total. The molecular formula is C43H56O8. The van der Waals surface area contributed by atoms with E-state index in [2.05, 4.69) is 20.4 Å². The topological polar surface area (TPSA) is 97.4 Å². The van der Waals surface area contributed by atoms with Gasteiger partial charge in [0.2, 0.25) is 0 Å². The van der Waals surface area contributed by atoms with E-state index in [1.807, 2.05) is 6.08 Å². The van der Waals surface area contributed by atoms with Crippen molar-refractivity contribution in [3.05, 3.63) is 96.1 Å². The second kappa shape index (κ2) is 24.5. The minimum Gasteiger partial charge on any atom is -0.494 e. The number of benzene rings is 3. The fourth-order valence-corrected chi connectivity index (χ4v) is 5.30. The van der Waals surface area contributed by atoms with Gasteiger partial charge in [0.1, 0.15) is 28.6 Å². The van der Waals surface area contributed by atoms with E-state index in [1.165, 1.54) is 69.6 Å². The molecule has 51 heavy (non-hydrogen) atoms. The standard InChI is InChI=1S/C43H56O8/c1-4-7-10-13-15-18-30-47-36-24-20-34(21-25-36)41(44)50-38-28-29-40(39(33-38)43(46)49-32-17-12-9-6-3)51-42(45)35-22-26-37(27-23-35)48-31-19-16-14-11-8-5-2/h6,20-29,33H,3-5,7-19,30-32H2,1-2H3. The van der Waals surface area contributed by atoms with Crippen LogP contribution in [0, 0.1) is 0 Å². The molecule has 0 atom stereocenters. The van der Waals surface area contributed by atoms with Gasteiger partial charge in [0.15, 0.2) is 0 Å². The van der Waals surface area contributed by atoms with Gasteiger partial charge in [-0.25, -0.2) is 14.4 Å². The fraction of sp³-hybridized carbons (Fsp3) is 0.465. The SMILES string of the molecule is C=CCCCCOC(=O)c1cc(OC(=O)c2ccc(OCCCCCCCC)cc2)ccc1OC(=O)c1ccc(OCCCCCCCC)cc1. The zero-order valence-electron chi connectivity index (χ0n) is 30.6. The molecule has 276 valence electrons. The molecule has 0 amide bonds. The van der Waals surface area contributed by atoms with Gasteiger partial charge in [-0.1, -0.05) is 84.1 Å². The van der Waals surface area contributed by atoms with Gasteiger partial charge < -0.3 is 23.7 Å². The fourth-order valence-electron chi connectivity index (χ4n) is 5.30.